The number of aryl methyl sites for hydroxylation is 6. The summed E-state index contributed by atoms with van der Waals surface area (Å²) in [6.45, 7) is 19.6. The van der Waals surface area contributed by atoms with Crippen molar-refractivity contribution in [2.45, 2.75) is 101 Å². The molecule has 5 rings (SSSR count). The predicted octanol–water partition coefficient (Wildman–Crippen LogP) is 10.8. The van der Waals surface area contributed by atoms with E-state index in [9.17, 15) is 5.53 Å². The van der Waals surface area contributed by atoms with Crippen molar-refractivity contribution in [2.24, 2.45) is 0 Å². The van der Waals surface area contributed by atoms with Gasteiger partial charge < -0.3 is 5.53 Å². The standard InChI is InChI=1S/C29H38N2.2C7H7.Ni/c1-8-10-12-26-19(3)14-24(15-20(26)4)28-18-23(7)29(31(28)30)25-16-21(5)27(13-11-9-2)22(6)17-25;2*1-7-5-3-2-4-6-7;/h14-18H,8-13H2,1-7H3;2*3-6H,1H3;. The van der Waals surface area contributed by atoms with Crippen LogP contribution < -0.4 is 9.07 Å². The van der Waals surface area contributed by atoms with Crippen LogP contribution >= 0.6 is 0 Å². The van der Waals surface area contributed by atoms with Crippen molar-refractivity contribution in [2.75, 3.05) is 0 Å². The van der Waals surface area contributed by atoms with E-state index in [-0.39, 0.29) is 0 Å². The Bertz CT molecular complexity index is 1650. The number of rotatable bonds is 10. The molecule has 2 nitrogen and oxygen atoms in total. The summed E-state index contributed by atoms with van der Waals surface area (Å²) < 4.78 is 4.03. The average molecular weight is 656 g/mol. The molecular weight excluding hydrogens is 603 g/mol. The Morgan fingerprint density at radius 3 is 1.35 bits per heavy atom. The molecular formula is C43H52N2Ni. The molecule has 4 aromatic carbocycles. The summed E-state index contributed by atoms with van der Waals surface area (Å²) in [5, 5.41) is 0. The second-order valence-corrected chi connectivity index (χ2v) is 14.2. The molecule has 3 heteroatoms. The van der Waals surface area contributed by atoms with Crippen molar-refractivity contribution in [3.8, 4) is 0 Å². The van der Waals surface area contributed by atoms with Crippen LogP contribution in [0.5, 0.6) is 0 Å². The van der Waals surface area contributed by atoms with Crippen molar-refractivity contribution >= 4 is 20.5 Å². The van der Waals surface area contributed by atoms with Crippen LogP contribution in [0.15, 0.2) is 84.4 Å². The zero-order valence-corrected chi connectivity index (χ0v) is 30.4. The van der Waals surface area contributed by atoms with Gasteiger partial charge in [-0.3, -0.25) is 0 Å². The Kier molecular flexibility index (Phi) is 12.5. The summed E-state index contributed by atoms with van der Waals surface area (Å²) in [4.78, 5) is 0. The average Bonchev–Trinajstić information content (AvgIpc) is 3.32. The molecule has 0 aliphatic carbocycles. The van der Waals surface area contributed by atoms with Gasteiger partial charge in [-0.05, 0) is 118 Å². The molecule has 0 fully saturated rings. The van der Waals surface area contributed by atoms with Gasteiger partial charge >= 0.3 is 97.0 Å². The molecule has 1 aliphatic rings. The fourth-order valence-corrected chi connectivity index (χ4v) is 7.19. The summed E-state index contributed by atoms with van der Waals surface area (Å²) in [5.41, 5.74) is 27.1. The summed E-state index contributed by atoms with van der Waals surface area (Å²) in [6, 6.07) is 26.3. The monoisotopic (exact) mass is 654 g/mol. The molecule has 0 bridgehead atoms. The van der Waals surface area contributed by atoms with E-state index in [4.69, 9.17) is 0 Å². The van der Waals surface area contributed by atoms with Crippen molar-refractivity contribution in [3.05, 3.63) is 146 Å². The van der Waals surface area contributed by atoms with E-state index in [1.165, 1.54) is 84.0 Å². The Labute approximate surface area is 285 Å². The van der Waals surface area contributed by atoms with Crippen LogP contribution in [0.2, 0.25) is 0 Å². The minimum absolute atomic E-state index is 0.867. The first-order valence-corrected chi connectivity index (χ1v) is 17.9. The zero-order valence-electron chi connectivity index (χ0n) is 29.5. The van der Waals surface area contributed by atoms with E-state index < -0.39 is 0 Å². The van der Waals surface area contributed by atoms with E-state index in [1.807, 2.05) is 0 Å². The molecule has 46 heavy (non-hydrogen) atoms. The van der Waals surface area contributed by atoms with Crippen LogP contribution in [0.3, 0.4) is 0 Å². The fourth-order valence-electron chi connectivity index (χ4n) is 6.20. The van der Waals surface area contributed by atoms with Gasteiger partial charge in [0, 0.05) is 22.8 Å². The molecule has 0 atom stereocenters. The molecule has 0 N–H and O–H groups in total. The maximum atomic E-state index is 11.2. The topological polar surface area (TPSA) is 25.3 Å². The van der Waals surface area contributed by atoms with Crippen molar-refractivity contribution < 1.29 is 19.1 Å². The van der Waals surface area contributed by atoms with Crippen LogP contribution in [0.4, 0.5) is 0 Å². The Morgan fingerprint density at radius 2 is 0.957 bits per heavy atom. The molecule has 0 amide bonds. The SMILES string of the molecule is CCCCc1c(C)cc(C2=CC(C)=C(c3cc(C)c(CCCC)c(C)c3)[N+]2=[N-])cc1C.Cc1cc[c]([Ni][c]2ccc(C)cc2)cc1. The first-order valence-electron chi connectivity index (χ1n) is 16.9. The second-order valence-electron chi connectivity index (χ2n) is 12.9. The molecule has 0 saturated carbocycles. The molecule has 0 unspecified atom stereocenters. The molecule has 0 aromatic heterocycles. The van der Waals surface area contributed by atoms with E-state index in [0.29, 0.717) is 0 Å². The van der Waals surface area contributed by atoms with Gasteiger partial charge in [-0.15, -0.1) is 0 Å². The van der Waals surface area contributed by atoms with Crippen LogP contribution in [0.25, 0.3) is 16.9 Å². The Morgan fingerprint density at radius 1 is 0.565 bits per heavy atom. The van der Waals surface area contributed by atoms with Gasteiger partial charge in [0.25, 0.3) is 0 Å². The van der Waals surface area contributed by atoms with Crippen LogP contribution in [0, 0.1) is 41.5 Å². The number of unbranched alkanes of at least 4 members (excludes halogenated alkanes) is 2. The van der Waals surface area contributed by atoms with Crippen LogP contribution in [0.1, 0.15) is 102 Å². The van der Waals surface area contributed by atoms with Crippen LogP contribution in [-0.4, -0.2) is 4.70 Å². The molecule has 1 aliphatic heterocycles. The number of benzene rings is 4. The fraction of sp³-hybridized carbons (Fsp3) is 0.349. The molecule has 4 aromatic rings. The van der Waals surface area contributed by atoms with Gasteiger partial charge in [0.1, 0.15) is 0 Å². The third-order valence-electron chi connectivity index (χ3n) is 8.85. The predicted molar refractivity (Wildman–Crippen MR) is 195 cm³/mol. The number of hydrogen-bond acceptors (Lipinski definition) is 0. The Hall–Kier alpha value is -3.55. The van der Waals surface area contributed by atoms with E-state index in [0.717, 1.165) is 40.9 Å². The molecule has 1 heterocycles. The minimum atomic E-state index is 0.867. The molecule has 0 radical (unpaired) electrons. The van der Waals surface area contributed by atoms with Crippen molar-refractivity contribution in [1.29, 1.82) is 0 Å². The zero-order chi connectivity index (χ0) is 33.4. The third kappa shape index (κ3) is 8.83. The van der Waals surface area contributed by atoms with E-state index >= 15 is 0 Å². The number of nitrogens with zero attached hydrogens (tertiary/aromatic N) is 2. The van der Waals surface area contributed by atoms with Crippen molar-refractivity contribution in [1.82, 2.24) is 0 Å². The third-order valence-corrected chi connectivity index (χ3v) is 10.1. The quantitative estimate of drug-likeness (QED) is 0.120. The van der Waals surface area contributed by atoms with Crippen molar-refractivity contribution in [3.63, 3.8) is 0 Å². The number of allylic oxidation sites excluding steroid dienone is 2. The van der Waals surface area contributed by atoms with Gasteiger partial charge in [-0.1, -0.05) is 26.7 Å². The first kappa shape index (κ1) is 35.3. The van der Waals surface area contributed by atoms with Crippen LogP contribution in [-0.2, 0) is 27.3 Å². The van der Waals surface area contributed by atoms with Gasteiger partial charge in [0.15, 0.2) is 0 Å². The molecule has 0 saturated heterocycles. The summed E-state index contributed by atoms with van der Waals surface area (Å²) in [5.74, 6) is 0. The van der Waals surface area contributed by atoms with Gasteiger partial charge in [-0.25, -0.2) is 4.70 Å². The number of hydrogen-bond donors (Lipinski definition) is 0. The summed E-state index contributed by atoms with van der Waals surface area (Å²) >= 11 is 1.61. The summed E-state index contributed by atoms with van der Waals surface area (Å²) in [6.07, 6.45) is 9.22. The van der Waals surface area contributed by atoms with Gasteiger partial charge in [-0.2, -0.15) is 0 Å². The molecule has 244 valence electrons. The maximum absolute atomic E-state index is 11.2. The van der Waals surface area contributed by atoms with Gasteiger partial charge in [0.2, 0.25) is 11.4 Å². The van der Waals surface area contributed by atoms with E-state index in [2.05, 4.69) is 141 Å². The summed E-state index contributed by atoms with van der Waals surface area (Å²) in [7, 11) is 0. The Balaban J connectivity index is 0.000000266. The van der Waals surface area contributed by atoms with Gasteiger partial charge in [0.05, 0.1) is 0 Å². The normalized spacial score (nSPS) is 12.8. The molecule has 0 spiro atoms. The second kappa shape index (κ2) is 16.3. The first-order chi connectivity index (χ1) is 22.0. The van der Waals surface area contributed by atoms with E-state index in [1.54, 1.807) is 14.4 Å².